The van der Waals surface area contributed by atoms with Crippen molar-refractivity contribution in [2.75, 3.05) is 12.3 Å². The summed E-state index contributed by atoms with van der Waals surface area (Å²) in [5, 5.41) is 10.4. The van der Waals surface area contributed by atoms with E-state index in [2.05, 4.69) is 16.9 Å². The Kier molecular flexibility index (Phi) is 4.49. The highest BCUT2D eigenvalue weighted by atomic mass is 16.3. The van der Waals surface area contributed by atoms with Gasteiger partial charge in [0.05, 0.1) is 17.6 Å². The van der Waals surface area contributed by atoms with Crippen LogP contribution in [0.15, 0.2) is 18.2 Å². The fourth-order valence-corrected chi connectivity index (χ4v) is 3.04. The van der Waals surface area contributed by atoms with Crippen molar-refractivity contribution in [3.63, 3.8) is 0 Å². The Labute approximate surface area is 140 Å². The second-order valence-electron chi connectivity index (χ2n) is 5.99. The molecule has 0 aliphatic rings. The summed E-state index contributed by atoms with van der Waals surface area (Å²) in [6, 6.07) is 5.44. The Morgan fingerprint density at radius 2 is 2.12 bits per heavy atom. The number of anilines is 1. The van der Waals surface area contributed by atoms with Crippen LogP contribution in [0, 0.1) is 0 Å². The lowest BCUT2D eigenvalue weighted by Gasteiger charge is -2.09. The Hall–Kier alpha value is -2.47. The number of aliphatic hydroxyl groups excluding tert-OH is 1. The summed E-state index contributed by atoms with van der Waals surface area (Å²) < 4.78 is 2.03. The van der Waals surface area contributed by atoms with E-state index >= 15 is 0 Å². The number of unbranched alkanes of at least 4 members (excludes halogenated alkanes) is 1. The summed E-state index contributed by atoms with van der Waals surface area (Å²) in [5.74, 6) is 1.26. The number of hydrogen-bond donors (Lipinski definition) is 2. The van der Waals surface area contributed by atoms with Crippen molar-refractivity contribution >= 4 is 33.5 Å². The maximum atomic E-state index is 11.6. The molecule has 3 N–H and O–H groups in total. The molecule has 0 amide bonds. The number of imidazole rings is 1. The summed E-state index contributed by atoms with van der Waals surface area (Å²) in [7, 11) is 0. The van der Waals surface area contributed by atoms with Crippen LogP contribution in [0.5, 0.6) is 0 Å². The van der Waals surface area contributed by atoms with Gasteiger partial charge < -0.3 is 15.4 Å². The molecule has 6 nitrogen and oxygen atoms in total. The molecule has 0 saturated carbocycles. The molecular formula is C18H22N4O2. The lowest BCUT2D eigenvalue weighted by atomic mass is 10.1. The van der Waals surface area contributed by atoms with Gasteiger partial charge in [-0.05, 0) is 25.5 Å². The first-order valence-corrected chi connectivity index (χ1v) is 8.27. The fraction of sp³-hybridized carbons (Fsp3) is 0.389. The van der Waals surface area contributed by atoms with Crippen molar-refractivity contribution in [3.8, 4) is 0 Å². The Balaban J connectivity index is 2.32. The summed E-state index contributed by atoms with van der Waals surface area (Å²) in [5.41, 5.74) is 8.95. The van der Waals surface area contributed by atoms with Crippen LogP contribution >= 0.6 is 0 Å². The highest BCUT2D eigenvalue weighted by Gasteiger charge is 2.17. The third-order valence-electron chi connectivity index (χ3n) is 4.27. The monoisotopic (exact) mass is 326 g/mol. The molecular weight excluding hydrogens is 304 g/mol. The van der Waals surface area contributed by atoms with Crippen molar-refractivity contribution in [2.24, 2.45) is 0 Å². The second-order valence-corrected chi connectivity index (χ2v) is 5.99. The number of carbonyl (C=O) groups is 1. The van der Waals surface area contributed by atoms with E-state index < -0.39 is 0 Å². The van der Waals surface area contributed by atoms with E-state index in [4.69, 9.17) is 5.73 Å². The standard InChI is InChI=1S/C18H22N4O2/c1-3-4-5-15-21-16-17(22(15)8-9-23)13-7-6-12(11(2)24)10-14(13)20-18(16)19/h6-7,10,23H,3-5,8-9H2,1-2H3,(H2,19,20). The molecule has 0 spiro atoms. The van der Waals surface area contributed by atoms with Crippen LogP contribution in [0.25, 0.3) is 21.9 Å². The third-order valence-corrected chi connectivity index (χ3v) is 4.27. The van der Waals surface area contributed by atoms with Gasteiger partial charge in [0, 0.05) is 23.9 Å². The van der Waals surface area contributed by atoms with Crippen LogP contribution in [0.1, 0.15) is 42.9 Å². The lowest BCUT2D eigenvalue weighted by molar-refractivity contribution is 0.101. The van der Waals surface area contributed by atoms with Gasteiger partial charge in [-0.15, -0.1) is 0 Å². The zero-order valence-corrected chi connectivity index (χ0v) is 14.0. The zero-order chi connectivity index (χ0) is 17.3. The molecule has 0 bridgehead atoms. The number of nitrogens with zero attached hydrogens (tertiary/aromatic N) is 3. The molecule has 126 valence electrons. The Bertz CT molecular complexity index is 914. The fourth-order valence-electron chi connectivity index (χ4n) is 3.04. The highest BCUT2D eigenvalue weighted by Crippen LogP contribution is 2.30. The van der Waals surface area contributed by atoms with Gasteiger partial charge in [0.15, 0.2) is 11.6 Å². The molecule has 0 saturated heterocycles. The molecule has 0 aliphatic heterocycles. The molecule has 0 radical (unpaired) electrons. The number of Topliss-reactive ketones (excluding diaryl/α,β-unsaturated/α-hetero) is 1. The molecule has 2 heterocycles. The van der Waals surface area contributed by atoms with Crippen molar-refractivity contribution < 1.29 is 9.90 Å². The molecule has 0 atom stereocenters. The van der Waals surface area contributed by atoms with Crippen LogP contribution in [-0.4, -0.2) is 32.0 Å². The van der Waals surface area contributed by atoms with Gasteiger partial charge in [0.25, 0.3) is 0 Å². The highest BCUT2D eigenvalue weighted by molar-refractivity contribution is 6.08. The number of nitrogens with two attached hydrogens (primary N) is 1. The van der Waals surface area contributed by atoms with E-state index in [9.17, 15) is 9.90 Å². The number of fused-ring (bicyclic) bond motifs is 3. The first-order valence-electron chi connectivity index (χ1n) is 8.27. The first kappa shape index (κ1) is 16.4. The molecule has 0 fully saturated rings. The number of rotatable bonds is 6. The number of pyridine rings is 1. The Morgan fingerprint density at radius 1 is 1.33 bits per heavy atom. The largest absolute Gasteiger partial charge is 0.395 e. The molecule has 2 aromatic heterocycles. The van der Waals surface area contributed by atoms with Crippen molar-refractivity contribution in [2.45, 2.75) is 39.7 Å². The first-order chi connectivity index (χ1) is 11.6. The van der Waals surface area contributed by atoms with Gasteiger partial charge in [-0.25, -0.2) is 9.97 Å². The minimum atomic E-state index is -0.00938. The number of aliphatic hydroxyl groups is 1. The SMILES string of the molecule is CCCCc1nc2c(N)nc3cc(C(C)=O)ccc3c2n1CCO. The summed E-state index contributed by atoms with van der Waals surface area (Å²) >= 11 is 0. The molecule has 3 aromatic rings. The average Bonchev–Trinajstić information content (AvgIpc) is 2.92. The van der Waals surface area contributed by atoms with Gasteiger partial charge in [-0.2, -0.15) is 0 Å². The molecule has 24 heavy (non-hydrogen) atoms. The lowest BCUT2D eigenvalue weighted by Crippen LogP contribution is -2.07. The summed E-state index contributed by atoms with van der Waals surface area (Å²) in [4.78, 5) is 20.7. The van der Waals surface area contributed by atoms with E-state index in [1.165, 1.54) is 6.92 Å². The number of ketones is 1. The van der Waals surface area contributed by atoms with E-state index in [-0.39, 0.29) is 12.4 Å². The maximum Gasteiger partial charge on any atom is 0.159 e. The molecule has 6 heteroatoms. The minimum absolute atomic E-state index is 0.00938. The normalized spacial score (nSPS) is 11.5. The maximum absolute atomic E-state index is 11.6. The van der Waals surface area contributed by atoms with Gasteiger partial charge in [0.1, 0.15) is 11.3 Å². The minimum Gasteiger partial charge on any atom is -0.395 e. The van der Waals surface area contributed by atoms with Gasteiger partial charge in [-0.3, -0.25) is 4.79 Å². The van der Waals surface area contributed by atoms with E-state index in [0.717, 1.165) is 36.0 Å². The van der Waals surface area contributed by atoms with Crippen LogP contribution in [0.4, 0.5) is 5.82 Å². The number of aromatic nitrogens is 3. The molecule has 3 rings (SSSR count). The van der Waals surface area contributed by atoms with Crippen LogP contribution in [0.2, 0.25) is 0 Å². The van der Waals surface area contributed by atoms with Crippen molar-refractivity contribution in [1.29, 1.82) is 0 Å². The topological polar surface area (TPSA) is 94.0 Å². The number of hydrogen-bond acceptors (Lipinski definition) is 5. The zero-order valence-electron chi connectivity index (χ0n) is 14.0. The smallest absolute Gasteiger partial charge is 0.159 e. The predicted molar refractivity (Wildman–Crippen MR) is 95.1 cm³/mol. The Morgan fingerprint density at radius 3 is 2.79 bits per heavy atom. The quantitative estimate of drug-likeness (QED) is 0.679. The summed E-state index contributed by atoms with van der Waals surface area (Å²) in [6.45, 7) is 4.15. The van der Waals surface area contributed by atoms with Gasteiger partial charge >= 0.3 is 0 Å². The number of carbonyl (C=O) groups excluding carboxylic acids is 1. The van der Waals surface area contributed by atoms with E-state index in [1.54, 1.807) is 12.1 Å². The van der Waals surface area contributed by atoms with Gasteiger partial charge in [0.2, 0.25) is 0 Å². The average molecular weight is 326 g/mol. The van der Waals surface area contributed by atoms with Gasteiger partial charge in [-0.1, -0.05) is 19.4 Å². The molecule has 0 unspecified atom stereocenters. The van der Waals surface area contributed by atoms with Crippen LogP contribution in [-0.2, 0) is 13.0 Å². The summed E-state index contributed by atoms with van der Waals surface area (Å²) in [6.07, 6.45) is 2.92. The molecule has 0 aliphatic carbocycles. The van der Waals surface area contributed by atoms with E-state index in [1.807, 2.05) is 10.6 Å². The predicted octanol–water partition coefficient (Wildman–Crippen LogP) is 2.70. The van der Waals surface area contributed by atoms with Crippen molar-refractivity contribution in [3.05, 3.63) is 29.6 Å². The second kappa shape index (κ2) is 6.57. The van der Waals surface area contributed by atoms with Crippen molar-refractivity contribution in [1.82, 2.24) is 14.5 Å². The number of benzene rings is 1. The van der Waals surface area contributed by atoms with Crippen LogP contribution < -0.4 is 5.73 Å². The number of nitrogen functional groups attached to an aromatic ring is 1. The number of aryl methyl sites for hydroxylation is 1. The molecule has 1 aromatic carbocycles. The van der Waals surface area contributed by atoms with E-state index in [0.29, 0.717) is 29.0 Å². The van der Waals surface area contributed by atoms with Crippen LogP contribution in [0.3, 0.4) is 0 Å². The third kappa shape index (κ3) is 2.73.